The van der Waals surface area contributed by atoms with Gasteiger partial charge in [0.15, 0.2) is 0 Å². The molecule has 3 aliphatic rings. The third-order valence-corrected chi connectivity index (χ3v) is 5.46. The van der Waals surface area contributed by atoms with Crippen LogP contribution in [0.1, 0.15) is 51.4 Å². The molecule has 6 N–H and O–H groups in total. The molecule has 7 nitrogen and oxygen atoms in total. The van der Waals surface area contributed by atoms with Crippen molar-refractivity contribution in [1.29, 1.82) is 0 Å². The van der Waals surface area contributed by atoms with Gasteiger partial charge in [0.25, 0.3) is 0 Å². The van der Waals surface area contributed by atoms with Gasteiger partial charge in [-0.15, -0.1) is 0 Å². The van der Waals surface area contributed by atoms with E-state index in [4.69, 9.17) is 5.21 Å². The van der Waals surface area contributed by atoms with Crippen molar-refractivity contribution in [2.45, 2.75) is 69.9 Å². The summed E-state index contributed by atoms with van der Waals surface area (Å²) in [5, 5.41) is 21.2. The first-order valence-electron chi connectivity index (χ1n) is 8.70. The average molecular weight is 311 g/mol. The normalized spacial score (nSPS) is 38.9. The molecule has 5 atom stereocenters. The molecule has 2 amide bonds. The first kappa shape index (κ1) is 16.0. The van der Waals surface area contributed by atoms with Crippen LogP contribution in [0.4, 0.5) is 4.79 Å². The minimum Gasteiger partial charge on any atom is -0.335 e. The van der Waals surface area contributed by atoms with Gasteiger partial charge in [0.1, 0.15) is 6.29 Å². The molecule has 0 aromatic heterocycles. The molecule has 3 rings (SSSR count). The van der Waals surface area contributed by atoms with E-state index < -0.39 is 0 Å². The highest BCUT2D eigenvalue weighted by atomic mass is 16.5. The van der Waals surface area contributed by atoms with Crippen molar-refractivity contribution in [1.82, 2.24) is 26.7 Å². The third kappa shape index (κ3) is 4.10. The van der Waals surface area contributed by atoms with Gasteiger partial charge in [-0.25, -0.2) is 4.79 Å². The van der Waals surface area contributed by atoms with E-state index in [1.54, 1.807) is 0 Å². The molecular formula is C15H29N5O2. The number of nitrogens with one attached hydrogen (secondary N) is 5. The van der Waals surface area contributed by atoms with Gasteiger partial charge in [-0.05, 0) is 37.5 Å². The third-order valence-electron chi connectivity index (χ3n) is 5.46. The zero-order valence-electron chi connectivity index (χ0n) is 13.1. The smallest absolute Gasteiger partial charge is 0.317 e. The Labute approximate surface area is 131 Å². The van der Waals surface area contributed by atoms with Gasteiger partial charge in [-0.3, -0.25) is 10.6 Å². The average Bonchev–Trinajstić information content (AvgIpc) is 2.55. The molecule has 0 radical (unpaired) electrons. The Balaban J connectivity index is 1.42. The zero-order valence-corrected chi connectivity index (χ0v) is 13.1. The van der Waals surface area contributed by atoms with Crippen LogP contribution in [0.25, 0.3) is 0 Å². The fourth-order valence-electron chi connectivity index (χ4n) is 4.27. The summed E-state index contributed by atoms with van der Waals surface area (Å²) in [6.45, 7) is 0.739. The minimum absolute atomic E-state index is 0.136. The molecule has 1 aliphatic heterocycles. The summed E-state index contributed by atoms with van der Waals surface area (Å²) in [6, 6.07) is 0.164. The number of hydrogen-bond acceptors (Lipinski definition) is 5. The Morgan fingerprint density at radius 3 is 2.64 bits per heavy atom. The van der Waals surface area contributed by atoms with Crippen molar-refractivity contribution in [3.63, 3.8) is 0 Å². The lowest BCUT2D eigenvalue weighted by Crippen LogP contribution is -2.66. The largest absolute Gasteiger partial charge is 0.335 e. The van der Waals surface area contributed by atoms with E-state index in [-0.39, 0.29) is 18.5 Å². The number of rotatable bonds is 3. The quantitative estimate of drug-likeness (QED) is 0.434. The van der Waals surface area contributed by atoms with Crippen LogP contribution in [0.3, 0.4) is 0 Å². The van der Waals surface area contributed by atoms with Gasteiger partial charge < -0.3 is 15.8 Å². The van der Waals surface area contributed by atoms with E-state index in [0.717, 1.165) is 37.6 Å². The molecule has 0 bridgehead atoms. The van der Waals surface area contributed by atoms with E-state index >= 15 is 0 Å². The Bertz CT molecular complexity index is 381. The maximum absolute atomic E-state index is 12.1. The van der Waals surface area contributed by atoms with Gasteiger partial charge in [-0.1, -0.05) is 25.7 Å². The van der Waals surface area contributed by atoms with Gasteiger partial charge in [0.05, 0.1) is 6.17 Å². The summed E-state index contributed by atoms with van der Waals surface area (Å²) in [6.07, 6.45) is 9.20. The van der Waals surface area contributed by atoms with Gasteiger partial charge in [-0.2, -0.15) is 5.48 Å². The Hall–Kier alpha value is -0.890. The molecule has 1 heterocycles. The van der Waals surface area contributed by atoms with E-state index in [0.29, 0.717) is 6.04 Å². The van der Waals surface area contributed by atoms with Crippen molar-refractivity contribution >= 4 is 6.03 Å². The molecule has 5 unspecified atom stereocenters. The van der Waals surface area contributed by atoms with Crippen LogP contribution in [0, 0.1) is 11.8 Å². The topological polar surface area (TPSA) is 97.5 Å². The molecule has 7 heteroatoms. The summed E-state index contributed by atoms with van der Waals surface area (Å²) >= 11 is 0. The molecule has 22 heavy (non-hydrogen) atoms. The molecule has 2 saturated carbocycles. The van der Waals surface area contributed by atoms with Crippen molar-refractivity contribution in [3.8, 4) is 0 Å². The molecule has 1 saturated heterocycles. The number of urea groups is 1. The Kier molecular flexibility index (Phi) is 5.51. The second kappa shape index (κ2) is 7.59. The lowest BCUT2D eigenvalue weighted by molar-refractivity contribution is 0.0774. The maximum atomic E-state index is 12.1. The molecule has 0 aromatic carbocycles. The minimum atomic E-state index is -0.315. The number of carbonyl (C=O) groups excluding carboxylic acids is 1. The summed E-state index contributed by atoms with van der Waals surface area (Å²) < 4.78 is 0. The highest BCUT2D eigenvalue weighted by molar-refractivity contribution is 5.74. The maximum Gasteiger partial charge on any atom is 0.317 e. The number of amides is 2. The first-order valence-corrected chi connectivity index (χ1v) is 8.70. The number of hydroxylamine groups is 1. The summed E-state index contributed by atoms with van der Waals surface area (Å²) in [5.74, 6) is 1.70. The lowest BCUT2D eigenvalue weighted by atomic mass is 9.69. The first-order chi connectivity index (χ1) is 10.7. The fraction of sp³-hybridized carbons (Fsp3) is 0.933. The molecule has 0 aromatic rings. The molecular weight excluding hydrogens is 282 g/mol. The van der Waals surface area contributed by atoms with Gasteiger partial charge in [0.2, 0.25) is 0 Å². The lowest BCUT2D eigenvalue weighted by Gasteiger charge is -2.39. The number of carbonyl (C=O) groups is 1. The van der Waals surface area contributed by atoms with Crippen molar-refractivity contribution in [2.24, 2.45) is 11.8 Å². The van der Waals surface area contributed by atoms with Crippen molar-refractivity contribution < 1.29 is 10.0 Å². The van der Waals surface area contributed by atoms with Crippen LogP contribution in [0.15, 0.2) is 0 Å². The highest BCUT2D eigenvalue weighted by Gasteiger charge is 2.33. The molecule has 3 fully saturated rings. The van der Waals surface area contributed by atoms with E-state index in [2.05, 4.69) is 26.7 Å². The zero-order chi connectivity index (χ0) is 15.4. The van der Waals surface area contributed by atoms with Crippen LogP contribution < -0.4 is 26.7 Å². The summed E-state index contributed by atoms with van der Waals surface area (Å²) in [7, 11) is 0. The Morgan fingerprint density at radius 1 is 1.00 bits per heavy atom. The molecule has 126 valence electrons. The SMILES string of the molecule is O=C(NC1CCC2CCCCC2C1)NC1NCCC(NO)N1. The van der Waals surface area contributed by atoms with Crippen LogP contribution in [0.2, 0.25) is 0 Å². The second-order valence-corrected chi connectivity index (χ2v) is 6.96. The van der Waals surface area contributed by atoms with Crippen molar-refractivity contribution in [2.75, 3.05) is 6.54 Å². The number of hydrogen-bond donors (Lipinski definition) is 6. The summed E-state index contributed by atoms with van der Waals surface area (Å²) in [4.78, 5) is 12.1. The molecule has 2 aliphatic carbocycles. The van der Waals surface area contributed by atoms with Gasteiger partial charge in [0, 0.05) is 12.6 Å². The van der Waals surface area contributed by atoms with E-state index in [9.17, 15) is 4.79 Å². The highest BCUT2D eigenvalue weighted by Crippen LogP contribution is 2.40. The van der Waals surface area contributed by atoms with Crippen LogP contribution >= 0.6 is 0 Å². The number of fused-ring (bicyclic) bond motifs is 1. The standard InChI is InChI=1S/C15H29N5O2/c21-15(19-14-16-8-7-13(18-14)20-22)17-12-6-5-10-3-1-2-4-11(10)9-12/h10-14,16,18,20,22H,1-9H2,(H2,17,19,21). The van der Waals surface area contributed by atoms with Gasteiger partial charge >= 0.3 is 6.03 Å². The predicted octanol–water partition coefficient (Wildman–Crippen LogP) is 0.816. The van der Waals surface area contributed by atoms with E-state index in [1.807, 2.05) is 0 Å². The Morgan fingerprint density at radius 2 is 1.82 bits per heavy atom. The second-order valence-electron chi connectivity index (χ2n) is 6.96. The van der Waals surface area contributed by atoms with Crippen molar-refractivity contribution in [3.05, 3.63) is 0 Å². The molecule has 0 spiro atoms. The monoisotopic (exact) mass is 311 g/mol. The van der Waals surface area contributed by atoms with Crippen LogP contribution in [-0.2, 0) is 0 Å². The van der Waals surface area contributed by atoms with E-state index in [1.165, 1.54) is 32.1 Å². The summed E-state index contributed by atoms with van der Waals surface area (Å²) in [5.41, 5.74) is 2.20. The predicted molar refractivity (Wildman–Crippen MR) is 83.0 cm³/mol. The fourth-order valence-corrected chi connectivity index (χ4v) is 4.27. The van der Waals surface area contributed by atoms with Crippen LogP contribution in [0.5, 0.6) is 0 Å². The van der Waals surface area contributed by atoms with Crippen LogP contribution in [-0.4, -0.2) is 36.3 Å².